The first-order valence-electron chi connectivity index (χ1n) is 16.8. The van der Waals surface area contributed by atoms with E-state index in [4.69, 9.17) is 11.5 Å². The van der Waals surface area contributed by atoms with E-state index in [0.29, 0.717) is 0 Å². The van der Waals surface area contributed by atoms with Crippen LogP contribution in [0.4, 0.5) is 56.9 Å². The molecule has 50 heavy (non-hydrogen) atoms. The average Bonchev–Trinajstić information content (AvgIpc) is 3.15. The highest BCUT2D eigenvalue weighted by atomic mass is 15.1. The number of azo groups is 2. The van der Waals surface area contributed by atoms with Crippen LogP contribution in [0.1, 0.15) is 25.7 Å². The zero-order valence-electron chi connectivity index (χ0n) is 27.9. The van der Waals surface area contributed by atoms with Crippen LogP contribution < -0.4 is 31.2 Å². The van der Waals surface area contributed by atoms with E-state index in [2.05, 4.69) is 65.0 Å². The van der Waals surface area contributed by atoms with Crippen LogP contribution in [0.2, 0.25) is 0 Å². The maximum atomic E-state index is 5.76. The fourth-order valence-electron chi connectivity index (χ4n) is 5.19. The van der Waals surface area contributed by atoms with Crippen molar-refractivity contribution in [2.45, 2.75) is 38.8 Å². The summed E-state index contributed by atoms with van der Waals surface area (Å²) in [5.74, 6) is 0. The number of aryl methyl sites for hydroxylation is 2. The Kier molecular flexibility index (Phi) is 11.5. The summed E-state index contributed by atoms with van der Waals surface area (Å²) in [6.07, 6.45) is 12.9. The minimum absolute atomic E-state index is 0.743. The molecule has 0 aliphatic heterocycles. The molecule has 0 atom stereocenters. The zero-order valence-corrected chi connectivity index (χ0v) is 27.9. The highest BCUT2D eigenvalue weighted by molar-refractivity contribution is 5.64. The van der Waals surface area contributed by atoms with E-state index in [0.717, 1.165) is 82.8 Å². The molecule has 4 aromatic carbocycles. The molecule has 0 unspecified atom stereocenters. The lowest BCUT2D eigenvalue weighted by atomic mass is 10.2. The van der Waals surface area contributed by atoms with Gasteiger partial charge in [-0.15, -0.1) is 0 Å². The number of aromatic nitrogens is 2. The van der Waals surface area contributed by atoms with Gasteiger partial charge in [-0.25, -0.2) is 9.13 Å². The lowest BCUT2D eigenvalue weighted by molar-refractivity contribution is -0.698. The van der Waals surface area contributed by atoms with Gasteiger partial charge < -0.3 is 22.1 Å². The fraction of sp³-hybridized carbons (Fsp3) is 0.150. The molecule has 10 nitrogen and oxygen atoms in total. The molecule has 6 aromatic rings. The van der Waals surface area contributed by atoms with Crippen molar-refractivity contribution >= 4 is 56.9 Å². The third-order valence-electron chi connectivity index (χ3n) is 8.02. The third kappa shape index (κ3) is 10.5. The van der Waals surface area contributed by atoms with Crippen molar-refractivity contribution in [1.82, 2.24) is 0 Å². The van der Waals surface area contributed by atoms with E-state index in [1.54, 1.807) is 0 Å². The number of nitrogens with one attached hydrogen (secondary N) is 2. The van der Waals surface area contributed by atoms with Gasteiger partial charge in [0, 0.05) is 71.2 Å². The van der Waals surface area contributed by atoms with Crippen LogP contribution in [0.25, 0.3) is 0 Å². The van der Waals surface area contributed by atoms with Gasteiger partial charge in [-0.05, 0) is 110 Å². The maximum Gasteiger partial charge on any atom is 0.171 e. The van der Waals surface area contributed by atoms with Crippen molar-refractivity contribution in [2.75, 3.05) is 22.1 Å². The zero-order chi connectivity index (χ0) is 34.4. The van der Waals surface area contributed by atoms with E-state index in [9.17, 15) is 0 Å². The molecule has 0 radical (unpaired) electrons. The molecule has 0 spiro atoms. The summed E-state index contributed by atoms with van der Waals surface area (Å²) in [4.78, 5) is 0. The molecule has 0 bridgehead atoms. The first kappa shape index (κ1) is 33.5. The second-order valence-corrected chi connectivity index (χ2v) is 12.0. The number of benzene rings is 4. The Morgan fingerprint density at radius 1 is 0.360 bits per heavy atom. The van der Waals surface area contributed by atoms with Gasteiger partial charge in [0.2, 0.25) is 0 Å². The summed E-state index contributed by atoms with van der Waals surface area (Å²) < 4.78 is 4.40. The van der Waals surface area contributed by atoms with Gasteiger partial charge in [0.15, 0.2) is 24.8 Å². The van der Waals surface area contributed by atoms with Gasteiger partial charge in [-0.1, -0.05) is 0 Å². The van der Waals surface area contributed by atoms with Gasteiger partial charge in [0.1, 0.15) is 13.1 Å². The molecule has 0 saturated carbocycles. The Morgan fingerprint density at radius 2 is 0.640 bits per heavy atom. The molecular weight excluding hydrogens is 621 g/mol. The number of unbranched alkanes of at least 4 members (excludes halogenated alkanes) is 3. The van der Waals surface area contributed by atoms with Crippen LogP contribution in [0.5, 0.6) is 0 Å². The van der Waals surface area contributed by atoms with Gasteiger partial charge in [0.25, 0.3) is 0 Å². The van der Waals surface area contributed by atoms with Crippen molar-refractivity contribution in [1.29, 1.82) is 0 Å². The standard InChI is InChI=1S/C40H40N10/c41-31-5-9-33(10-6-31)43-35-13-17-37(18-14-35)45-47-39-21-27-49(28-22-39)25-3-1-2-4-26-50-29-23-40(24-30-50)48-46-38-19-15-36(16-20-38)44-34-11-7-32(42)8-12-34/h5-24,27-30H,1-4,25-26H2,(H4,41,42,45,46)/p+2. The molecule has 10 heteroatoms. The fourth-order valence-corrected chi connectivity index (χ4v) is 5.19. The Morgan fingerprint density at radius 3 is 0.960 bits per heavy atom. The Hall–Kier alpha value is -6.42. The second-order valence-electron chi connectivity index (χ2n) is 12.0. The van der Waals surface area contributed by atoms with Gasteiger partial charge in [0.05, 0.1) is 22.7 Å². The van der Waals surface area contributed by atoms with Gasteiger partial charge in [-0.2, -0.15) is 20.5 Å². The quantitative estimate of drug-likeness (QED) is 0.0377. The molecule has 0 saturated heterocycles. The number of nitrogens with zero attached hydrogens (tertiary/aromatic N) is 6. The highest BCUT2D eigenvalue weighted by Gasteiger charge is 2.04. The first-order chi connectivity index (χ1) is 24.5. The molecule has 6 rings (SSSR count). The minimum Gasteiger partial charge on any atom is -0.399 e. The first-order valence-corrected chi connectivity index (χ1v) is 16.8. The van der Waals surface area contributed by atoms with Gasteiger partial charge >= 0.3 is 0 Å². The number of hydrogen-bond donors (Lipinski definition) is 4. The average molecular weight is 663 g/mol. The molecule has 0 aliphatic carbocycles. The number of rotatable bonds is 15. The topological polar surface area (TPSA) is 133 Å². The number of pyridine rings is 2. The Labute approximate surface area is 292 Å². The van der Waals surface area contributed by atoms with Crippen molar-refractivity contribution in [3.05, 3.63) is 146 Å². The Bertz CT molecular complexity index is 1820. The third-order valence-corrected chi connectivity index (χ3v) is 8.02. The molecule has 250 valence electrons. The predicted molar refractivity (Wildman–Crippen MR) is 201 cm³/mol. The predicted octanol–water partition coefficient (Wildman–Crippen LogP) is 10.0. The smallest absolute Gasteiger partial charge is 0.171 e. The lowest BCUT2D eigenvalue weighted by Crippen LogP contribution is -2.33. The highest BCUT2D eigenvalue weighted by Crippen LogP contribution is 2.24. The van der Waals surface area contributed by atoms with E-state index in [1.165, 1.54) is 12.8 Å². The monoisotopic (exact) mass is 662 g/mol. The summed E-state index contributed by atoms with van der Waals surface area (Å²) in [5.41, 5.74) is 20.2. The van der Waals surface area contributed by atoms with Crippen molar-refractivity contribution in [3.63, 3.8) is 0 Å². The van der Waals surface area contributed by atoms with Crippen LogP contribution in [0.3, 0.4) is 0 Å². The number of nitrogens with two attached hydrogens (primary N) is 2. The van der Waals surface area contributed by atoms with Crippen LogP contribution >= 0.6 is 0 Å². The maximum absolute atomic E-state index is 5.76. The van der Waals surface area contributed by atoms with E-state index in [-0.39, 0.29) is 0 Å². The summed E-state index contributed by atoms with van der Waals surface area (Å²) in [5, 5.41) is 24.3. The van der Waals surface area contributed by atoms with Crippen molar-refractivity contribution in [2.24, 2.45) is 20.5 Å². The summed E-state index contributed by atoms with van der Waals surface area (Å²) in [6, 6.07) is 39.0. The normalized spacial score (nSPS) is 11.3. The van der Waals surface area contributed by atoms with Crippen LogP contribution in [0.15, 0.2) is 167 Å². The second kappa shape index (κ2) is 17.1. The summed E-state index contributed by atoms with van der Waals surface area (Å²) >= 11 is 0. The number of hydrogen-bond acceptors (Lipinski definition) is 8. The molecule has 0 aliphatic rings. The summed E-state index contributed by atoms with van der Waals surface area (Å²) in [7, 11) is 0. The van der Waals surface area contributed by atoms with Crippen molar-refractivity contribution < 1.29 is 9.13 Å². The van der Waals surface area contributed by atoms with E-state index >= 15 is 0 Å². The molecule has 6 N–H and O–H groups in total. The van der Waals surface area contributed by atoms with E-state index < -0.39 is 0 Å². The molecule has 0 amide bonds. The molecule has 2 aromatic heterocycles. The van der Waals surface area contributed by atoms with Gasteiger partial charge in [-0.3, -0.25) is 0 Å². The van der Waals surface area contributed by atoms with Crippen LogP contribution in [0, 0.1) is 0 Å². The van der Waals surface area contributed by atoms with Crippen LogP contribution in [-0.4, -0.2) is 0 Å². The molecule has 0 fully saturated rings. The molecule has 2 heterocycles. The number of anilines is 6. The lowest BCUT2D eigenvalue weighted by Gasteiger charge is -2.06. The minimum atomic E-state index is 0.743. The summed E-state index contributed by atoms with van der Waals surface area (Å²) in [6.45, 7) is 1.96. The number of nitrogen functional groups attached to an aromatic ring is 2. The SMILES string of the molecule is Nc1ccc(Nc2ccc(N=Nc3cc[n+](CCCCCC[n+]4ccc(N=Nc5ccc(Nc6ccc(N)cc6)cc5)cc4)cc3)cc2)cc1. The Balaban J connectivity index is 0.855. The largest absolute Gasteiger partial charge is 0.399 e. The van der Waals surface area contributed by atoms with E-state index in [1.807, 2.05) is 121 Å². The van der Waals surface area contributed by atoms with Crippen LogP contribution in [-0.2, 0) is 13.1 Å². The molecular formula is C40H42N10+2. The van der Waals surface area contributed by atoms with Crippen molar-refractivity contribution in [3.8, 4) is 0 Å².